The molecule has 0 spiro atoms. The molecular weight excluding hydrogens is 524 g/mol. The van der Waals surface area contributed by atoms with E-state index in [0.29, 0.717) is 28.6 Å². The molecule has 0 aliphatic rings. The summed E-state index contributed by atoms with van der Waals surface area (Å²) in [6.45, 7) is 1.96. The van der Waals surface area contributed by atoms with Gasteiger partial charge in [0, 0.05) is 36.2 Å². The van der Waals surface area contributed by atoms with Crippen LogP contribution in [0.4, 0.5) is 0 Å². The maximum Gasteiger partial charge on any atom is 0.335 e. The monoisotopic (exact) mass is 552 g/mol. The fourth-order valence-corrected chi connectivity index (χ4v) is 4.82. The van der Waals surface area contributed by atoms with Crippen LogP contribution in [-0.4, -0.2) is 39.2 Å². The second kappa shape index (κ2) is 12.7. The van der Waals surface area contributed by atoms with Gasteiger partial charge in [0.15, 0.2) is 0 Å². The normalized spacial score (nSPS) is 12.0. The number of carboxylic acid groups (broad SMARTS) is 1. The Hall–Kier alpha value is -4.23. The predicted octanol–water partition coefficient (Wildman–Crippen LogP) is 7.16. The average molecular weight is 553 g/mol. The summed E-state index contributed by atoms with van der Waals surface area (Å²) in [5, 5.41) is 21.5. The van der Waals surface area contributed by atoms with Crippen LogP contribution in [0.15, 0.2) is 109 Å². The Kier molecular flexibility index (Phi) is 8.71. The molecule has 6 nitrogen and oxygen atoms in total. The zero-order chi connectivity index (χ0) is 27.9. The van der Waals surface area contributed by atoms with Crippen LogP contribution in [0.1, 0.15) is 33.2 Å². The van der Waals surface area contributed by atoms with E-state index < -0.39 is 12.1 Å². The van der Waals surface area contributed by atoms with Crippen molar-refractivity contribution in [2.75, 3.05) is 13.1 Å². The lowest BCUT2D eigenvalue weighted by Gasteiger charge is -2.25. The number of pyridine rings is 1. The molecule has 5 rings (SSSR count). The van der Waals surface area contributed by atoms with E-state index in [1.807, 2.05) is 60.7 Å². The standard InChI is InChI=1S/C33H29ClN2O4/c34-27-8-4-7-25(19-27)31(37)22-36(21-24-5-2-1-3-6-24)18-16-23-9-12-28(13-10-23)40-32-15-17-35-30-20-26(33(38)39)11-14-29(30)32/h1-15,17,19-20,31,37H,16,18,21-22H2,(H,38,39)/t31-/m1/s1. The fourth-order valence-electron chi connectivity index (χ4n) is 4.62. The number of benzene rings is 4. The lowest BCUT2D eigenvalue weighted by atomic mass is 10.1. The summed E-state index contributed by atoms with van der Waals surface area (Å²) < 4.78 is 6.12. The number of hydrogen-bond donors (Lipinski definition) is 2. The molecule has 202 valence electrons. The number of rotatable bonds is 11. The highest BCUT2D eigenvalue weighted by atomic mass is 35.5. The summed E-state index contributed by atoms with van der Waals surface area (Å²) in [6.07, 6.45) is 1.75. The summed E-state index contributed by atoms with van der Waals surface area (Å²) >= 11 is 6.15. The van der Waals surface area contributed by atoms with Crippen molar-refractivity contribution in [2.24, 2.45) is 0 Å². The molecule has 4 aromatic carbocycles. The molecule has 0 fully saturated rings. The smallest absolute Gasteiger partial charge is 0.335 e. The minimum Gasteiger partial charge on any atom is -0.478 e. The SMILES string of the molecule is O=C(O)c1ccc2c(Oc3ccc(CCN(Cc4ccccc4)C[C@@H](O)c4cccc(Cl)c4)cc3)ccnc2c1. The molecule has 2 N–H and O–H groups in total. The number of fused-ring (bicyclic) bond motifs is 1. The largest absolute Gasteiger partial charge is 0.478 e. The van der Waals surface area contributed by atoms with Gasteiger partial charge in [-0.25, -0.2) is 4.79 Å². The van der Waals surface area contributed by atoms with Crippen LogP contribution in [0, 0.1) is 0 Å². The topological polar surface area (TPSA) is 82.9 Å². The molecule has 1 atom stereocenters. The zero-order valence-corrected chi connectivity index (χ0v) is 22.5. The van der Waals surface area contributed by atoms with Gasteiger partial charge in [-0.3, -0.25) is 9.88 Å². The fraction of sp³-hybridized carbons (Fsp3) is 0.152. The number of aromatic nitrogens is 1. The molecule has 0 unspecified atom stereocenters. The molecule has 0 saturated heterocycles. The van der Waals surface area contributed by atoms with Crippen molar-refractivity contribution in [1.82, 2.24) is 9.88 Å². The van der Waals surface area contributed by atoms with Crippen molar-refractivity contribution in [2.45, 2.75) is 19.1 Å². The number of aliphatic hydroxyl groups is 1. The quantitative estimate of drug-likeness (QED) is 0.181. The highest BCUT2D eigenvalue weighted by molar-refractivity contribution is 6.30. The highest BCUT2D eigenvalue weighted by Gasteiger charge is 2.15. The molecule has 1 aromatic heterocycles. The van der Waals surface area contributed by atoms with E-state index in [0.717, 1.165) is 36.0 Å². The van der Waals surface area contributed by atoms with Gasteiger partial charge in [0.25, 0.3) is 0 Å². The van der Waals surface area contributed by atoms with Crippen molar-refractivity contribution < 1.29 is 19.7 Å². The molecule has 40 heavy (non-hydrogen) atoms. The van der Waals surface area contributed by atoms with Gasteiger partial charge in [0.05, 0.1) is 17.2 Å². The zero-order valence-electron chi connectivity index (χ0n) is 21.8. The number of halogens is 1. The molecule has 0 amide bonds. The third kappa shape index (κ3) is 7.04. The Balaban J connectivity index is 1.26. The number of aromatic carboxylic acids is 1. The Bertz CT molecular complexity index is 1590. The Morgan fingerprint density at radius 2 is 1.70 bits per heavy atom. The number of aliphatic hydroxyl groups excluding tert-OH is 1. The van der Waals surface area contributed by atoms with Crippen molar-refractivity contribution in [3.8, 4) is 11.5 Å². The number of ether oxygens (including phenoxy) is 1. The van der Waals surface area contributed by atoms with Crippen LogP contribution in [-0.2, 0) is 13.0 Å². The van der Waals surface area contributed by atoms with E-state index in [1.54, 1.807) is 30.5 Å². The van der Waals surface area contributed by atoms with Gasteiger partial charge in [0.1, 0.15) is 11.5 Å². The Morgan fingerprint density at radius 3 is 2.45 bits per heavy atom. The summed E-state index contributed by atoms with van der Waals surface area (Å²) in [7, 11) is 0. The molecule has 0 aliphatic heterocycles. The van der Waals surface area contributed by atoms with Crippen molar-refractivity contribution in [3.63, 3.8) is 0 Å². The second-order valence-corrected chi connectivity index (χ2v) is 10.1. The molecule has 0 aliphatic carbocycles. The van der Waals surface area contributed by atoms with Gasteiger partial charge < -0.3 is 14.9 Å². The van der Waals surface area contributed by atoms with Crippen molar-refractivity contribution in [3.05, 3.63) is 137 Å². The Morgan fingerprint density at radius 1 is 0.900 bits per heavy atom. The van der Waals surface area contributed by atoms with Crippen molar-refractivity contribution in [1.29, 1.82) is 0 Å². The molecule has 0 bridgehead atoms. The first-order valence-electron chi connectivity index (χ1n) is 13.0. The van der Waals surface area contributed by atoms with Crippen LogP contribution in [0.3, 0.4) is 0 Å². The third-order valence-corrected chi connectivity index (χ3v) is 6.97. The molecule has 5 aromatic rings. The van der Waals surface area contributed by atoms with Gasteiger partial charge in [-0.1, -0.05) is 66.2 Å². The van der Waals surface area contributed by atoms with E-state index in [-0.39, 0.29) is 5.56 Å². The van der Waals surface area contributed by atoms with Crippen molar-refractivity contribution >= 4 is 28.5 Å². The van der Waals surface area contributed by atoms with Crippen LogP contribution < -0.4 is 4.74 Å². The average Bonchev–Trinajstić information content (AvgIpc) is 2.97. The maximum atomic E-state index is 11.3. The minimum absolute atomic E-state index is 0.183. The van der Waals surface area contributed by atoms with Crippen LogP contribution >= 0.6 is 11.6 Å². The molecule has 1 heterocycles. The van der Waals surface area contributed by atoms with Crippen LogP contribution in [0.5, 0.6) is 11.5 Å². The van der Waals surface area contributed by atoms with E-state index in [4.69, 9.17) is 16.3 Å². The minimum atomic E-state index is -0.994. The van der Waals surface area contributed by atoms with E-state index in [1.165, 1.54) is 11.6 Å². The summed E-state index contributed by atoms with van der Waals surface area (Å²) in [5.41, 5.74) is 3.88. The number of nitrogens with zero attached hydrogens (tertiary/aromatic N) is 2. The molecule has 0 saturated carbocycles. The highest BCUT2D eigenvalue weighted by Crippen LogP contribution is 2.29. The van der Waals surface area contributed by atoms with Gasteiger partial charge in [-0.15, -0.1) is 0 Å². The lowest BCUT2D eigenvalue weighted by molar-refractivity contribution is 0.0697. The van der Waals surface area contributed by atoms with Gasteiger partial charge in [-0.05, 0) is 71.6 Å². The van der Waals surface area contributed by atoms with E-state index in [9.17, 15) is 15.0 Å². The van der Waals surface area contributed by atoms with Gasteiger partial charge >= 0.3 is 5.97 Å². The summed E-state index contributed by atoms with van der Waals surface area (Å²) in [6, 6.07) is 32.1. The first kappa shape index (κ1) is 27.3. The lowest BCUT2D eigenvalue weighted by Crippen LogP contribution is -2.30. The Labute approximate surface area is 238 Å². The summed E-state index contributed by atoms with van der Waals surface area (Å²) in [5.74, 6) is 0.293. The predicted molar refractivity (Wildman–Crippen MR) is 157 cm³/mol. The molecule has 0 radical (unpaired) electrons. The van der Waals surface area contributed by atoms with Crippen LogP contribution in [0.2, 0.25) is 5.02 Å². The number of hydrogen-bond acceptors (Lipinski definition) is 5. The first-order chi connectivity index (χ1) is 19.4. The van der Waals surface area contributed by atoms with Gasteiger partial charge in [0.2, 0.25) is 0 Å². The number of carbonyl (C=O) groups is 1. The first-order valence-corrected chi connectivity index (χ1v) is 13.4. The third-order valence-electron chi connectivity index (χ3n) is 6.73. The van der Waals surface area contributed by atoms with E-state index >= 15 is 0 Å². The summed E-state index contributed by atoms with van der Waals surface area (Å²) in [4.78, 5) is 17.8. The van der Waals surface area contributed by atoms with Crippen LogP contribution in [0.25, 0.3) is 10.9 Å². The number of carboxylic acids is 1. The van der Waals surface area contributed by atoms with E-state index in [2.05, 4.69) is 22.0 Å². The van der Waals surface area contributed by atoms with Gasteiger partial charge in [-0.2, -0.15) is 0 Å². The maximum absolute atomic E-state index is 11.3. The second-order valence-electron chi connectivity index (χ2n) is 9.63. The molecular formula is C33H29ClN2O4. The molecule has 7 heteroatoms.